The average Bonchev–Trinajstić information content (AvgIpc) is 2.83. The zero-order valence-electron chi connectivity index (χ0n) is 12.3. The molecule has 5 heteroatoms. The van der Waals surface area contributed by atoms with Crippen molar-refractivity contribution in [3.05, 3.63) is 34.2 Å². The Kier molecular flexibility index (Phi) is 4.30. The van der Waals surface area contributed by atoms with E-state index in [0.717, 1.165) is 29.4 Å². The maximum Gasteiger partial charge on any atom is 0.323 e. The summed E-state index contributed by atoms with van der Waals surface area (Å²) >= 11 is 0. The largest absolute Gasteiger partial charge is 0.389 e. The van der Waals surface area contributed by atoms with E-state index < -0.39 is 5.60 Å². The Morgan fingerprint density at radius 3 is 2.55 bits per heavy atom. The van der Waals surface area contributed by atoms with Crippen LogP contribution in [-0.2, 0) is 0 Å². The van der Waals surface area contributed by atoms with Crippen molar-refractivity contribution in [2.45, 2.75) is 45.3 Å². The zero-order valence-corrected chi connectivity index (χ0v) is 12.3. The smallest absolute Gasteiger partial charge is 0.323 e. The van der Waals surface area contributed by atoms with Crippen LogP contribution >= 0.6 is 0 Å². The Hall–Kier alpha value is -1.59. The summed E-state index contributed by atoms with van der Waals surface area (Å²) in [4.78, 5) is 16.7. The maximum atomic E-state index is 11.2. The van der Waals surface area contributed by atoms with Gasteiger partial charge in [0, 0.05) is 12.6 Å². The normalized spacial score (nSPS) is 13.8. The van der Waals surface area contributed by atoms with E-state index in [4.69, 9.17) is 0 Å². The molecule has 0 radical (unpaired) electrons. The Balaban J connectivity index is 2.10. The molecule has 0 saturated carbocycles. The first-order valence-electron chi connectivity index (χ1n) is 7.15. The lowest BCUT2D eigenvalue weighted by Crippen LogP contribution is -2.40. The van der Waals surface area contributed by atoms with Crippen LogP contribution in [-0.4, -0.2) is 27.2 Å². The van der Waals surface area contributed by atoms with E-state index in [1.807, 2.05) is 32.0 Å². The van der Waals surface area contributed by atoms with Crippen LogP contribution in [0.15, 0.2) is 23.0 Å². The fourth-order valence-corrected chi connectivity index (χ4v) is 2.28. The Labute approximate surface area is 118 Å². The summed E-state index contributed by atoms with van der Waals surface area (Å²) in [6.07, 6.45) is 1.46. The third kappa shape index (κ3) is 3.11. The third-order valence-corrected chi connectivity index (χ3v) is 4.09. The van der Waals surface area contributed by atoms with Crippen LogP contribution in [0, 0.1) is 0 Å². The molecule has 0 bridgehead atoms. The van der Waals surface area contributed by atoms with Gasteiger partial charge in [-0.15, -0.1) is 0 Å². The number of rotatable bonds is 6. The van der Waals surface area contributed by atoms with Crippen molar-refractivity contribution < 1.29 is 5.11 Å². The first kappa shape index (κ1) is 14.8. The van der Waals surface area contributed by atoms with Crippen molar-refractivity contribution in [2.75, 3.05) is 6.54 Å². The van der Waals surface area contributed by atoms with Gasteiger partial charge in [0.15, 0.2) is 0 Å². The molecule has 0 fully saturated rings. The lowest BCUT2D eigenvalue weighted by atomic mass is 9.96. The zero-order chi connectivity index (χ0) is 14.8. The van der Waals surface area contributed by atoms with E-state index in [9.17, 15) is 9.90 Å². The highest BCUT2D eigenvalue weighted by Crippen LogP contribution is 2.19. The van der Waals surface area contributed by atoms with E-state index in [-0.39, 0.29) is 11.7 Å². The number of fused-ring (bicyclic) bond motifs is 1. The molecule has 4 N–H and O–H groups in total. The molecule has 2 rings (SSSR count). The second-order valence-corrected chi connectivity index (χ2v) is 5.42. The highest BCUT2D eigenvalue weighted by Gasteiger charge is 2.22. The average molecular weight is 277 g/mol. The van der Waals surface area contributed by atoms with Gasteiger partial charge in [0.25, 0.3) is 0 Å². The van der Waals surface area contributed by atoms with Gasteiger partial charge in [-0.05, 0) is 37.5 Å². The first-order valence-corrected chi connectivity index (χ1v) is 7.15. The van der Waals surface area contributed by atoms with Crippen LogP contribution in [0.2, 0.25) is 0 Å². The molecule has 1 aromatic heterocycles. The first-order chi connectivity index (χ1) is 9.47. The number of H-pyrrole nitrogens is 2. The minimum absolute atomic E-state index is 0.113. The van der Waals surface area contributed by atoms with Gasteiger partial charge in [-0.25, -0.2) is 4.79 Å². The molecule has 1 unspecified atom stereocenters. The summed E-state index contributed by atoms with van der Waals surface area (Å²) in [5.74, 6) is 0. The minimum atomic E-state index is -0.652. The Bertz CT molecular complexity index is 625. The quantitative estimate of drug-likeness (QED) is 0.652. The van der Waals surface area contributed by atoms with Crippen LogP contribution in [0.1, 0.15) is 45.2 Å². The van der Waals surface area contributed by atoms with Crippen molar-refractivity contribution in [2.24, 2.45) is 0 Å². The highest BCUT2D eigenvalue weighted by molar-refractivity contribution is 5.75. The fourth-order valence-electron chi connectivity index (χ4n) is 2.28. The number of nitrogens with one attached hydrogen (secondary N) is 3. The standard InChI is InChI=1S/C15H23N3O2/c1-4-15(20,5-2)9-16-10(3)11-6-7-12-13(8-11)18-14(19)17-12/h6-8,10,16,20H,4-5,9H2,1-3H3,(H2,17,18,19). The molecule has 0 aliphatic rings. The van der Waals surface area contributed by atoms with Gasteiger partial charge < -0.3 is 20.4 Å². The monoisotopic (exact) mass is 277 g/mol. The van der Waals surface area contributed by atoms with Gasteiger partial charge in [0.2, 0.25) is 0 Å². The fraction of sp³-hybridized carbons (Fsp3) is 0.533. The van der Waals surface area contributed by atoms with Crippen molar-refractivity contribution in [3.8, 4) is 0 Å². The Morgan fingerprint density at radius 1 is 1.25 bits per heavy atom. The van der Waals surface area contributed by atoms with Gasteiger partial charge in [-0.3, -0.25) is 0 Å². The van der Waals surface area contributed by atoms with Gasteiger partial charge in [0.05, 0.1) is 16.6 Å². The van der Waals surface area contributed by atoms with Crippen LogP contribution in [0.3, 0.4) is 0 Å². The lowest BCUT2D eigenvalue weighted by molar-refractivity contribution is 0.0303. The summed E-state index contributed by atoms with van der Waals surface area (Å²) < 4.78 is 0. The van der Waals surface area contributed by atoms with E-state index in [1.54, 1.807) is 0 Å². The number of hydrogen-bond acceptors (Lipinski definition) is 3. The highest BCUT2D eigenvalue weighted by atomic mass is 16.3. The Morgan fingerprint density at radius 2 is 1.90 bits per heavy atom. The molecule has 5 nitrogen and oxygen atoms in total. The SMILES string of the molecule is CCC(O)(CC)CNC(C)c1ccc2[nH]c(=O)[nH]c2c1. The van der Waals surface area contributed by atoms with E-state index >= 15 is 0 Å². The van der Waals surface area contributed by atoms with Crippen molar-refractivity contribution in [1.82, 2.24) is 15.3 Å². The molecule has 2 aromatic rings. The summed E-state index contributed by atoms with van der Waals surface area (Å²) in [5.41, 5.74) is 1.86. The predicted octanol–water partition coefficient (Wildman–Crippen LogP) is 2.06. The van der Waals surface area contributed by atoms with E-state index in [0.29, 0.717) is 6.54 Å². The number of hydrogen-bond donors (Lipinski definition) is 4. The van der Waals surface area contributed by atoms with E-state index in [1.165, 1.54) is 0 Å². The number of benzene rings is 1. The molecule has 0 aliphatic carbocycles. The van der Waals surface area contributed by atoms with Crippen LogP contribution in [0.4, 0.5) is 0 Å². The van der Waals surface area contributed by atoms with Crippen molar-refractivity contribution in [3.63, 3.8) is 0 Å². The number of imidazole rings is 1. The molecule has 1 heterocycles. The molecular weight excluding hydrogens is 254 g/mol. The van der Waals surface area contributed by atoms with Gasteiger partial charge in [0.1, 0.15) is 0 Å². The topological polar surface area (TPSA) is 80.9 Å². The van der Waals surface area contributed by atoms with Crippen LogP contribution < -0.4 is 11.0 Å². The molecule has 1 aromatic carbocycles. The molecule has 0 spiro atoms. The second kappa shape index (κ2) is 5.81. The summed E-state index contributed by atoms with van der Waals surface area (Å²) in [5, 5.41) is 13.6. The summed E-state index contributed by atoms with van der Waals surface area (Å²) in [7, 11) is 0. The number of aromatic amines is 2. The van der Waals surface area contributed by atoms with Gasteiger partial charge in [-0.2, -0.15) is 0 Å². The second-order valence-electron chi connectivity index (χ2n) is 5.42. The molecule has 0 saturated heterocycles. The van der Waals surface area contributed by atoms with Gasteiger partial charge in [-0.1, -0.05) is 19.9 Å². The lowest BCUT2D eigenvalue weighted by Gasteiger charge is -2.27. The molecule has 110 valence electrons. The molecule has 20 heavy (non-hydrogen) atoms. The van der Waals surface area contributed by atoms with Crippen LogP contribution in [0.25, 0.3) is 11.0 Å². The predicted molar refractivity (Wildman–Crippen MR) is 80.9 cm³/mol. The minimum Gasteiger partial charge on any atom is -0.389 e. The molecule has 1 atom stereocenters. The number of aliphatic hydroxyl groups is 1. The van der Waals surface area contributed by atoms with Crippen LogP contribution in [0.5, 0.6) is 0 Å². The maximum absolute atomic E-state index is 11.2. The van der Waals surface area contributed by atoms with Crippen molar-refractivity contribution in [1.29, 1.82) is 0 Å². The summed E-state index contributed by atoms with van der Waals surface area (Å²) in [6, 6.07) is 5.96. The molecule has 0 aliphatic heterocycles. The van der Waals surface area contributed by atoms with E-state index in [2.05, 4.69) is 22.2 Å². The van der Waals surface area contributed by atoms with Crippen molar-refractivity contribution >= 4 is 11.0 Å². The van der Waals surface area contributed by atoms with Gasteiger partial charge >= 0.3 is 5.69 Å². The summed E-state index contributed by atoms with van der Waals surface area (Å²) in [6.45, 7) is 6.60. The molecular formula is C15H23N3O2. The molecule has 0 amide bonds. The number of aromatic nitrogens is 2. The third-order valence-electron chi connectivity index (χ3n) is 4.09.